The molecule has 0 bridgehead atoms. The van der Waals surface area contributed by atoms with Crippen LogP contribution in [0.1, 0.15) is 25.5 Å². The molecule has 0 aliphatic heterocycles. The van der Waals surface area contributed by atoms with Gasteiger partial charge >= 0.3 is 0 Å². The highest BCUT2D eigenvalue weighted by Gasteiger charge is 2.15. The Morgan fingerprint density at radius 2 is 2.18 bits per heavy atom. The van der Waals surface area contributed by atoms with Crippen LogP contribution in [0.2, 0.25) is 0 Å². The summed E-state index contributed by atoms with van der Waals surface area (Å²) in [7, 11) is 0. The Kier molecular flexibility index (Phi) is 5.63. The van der Waals surface area contributed by atoms with Crippen LogP contribution in [0.15, 0.2) is 28.7 Å². The minimum absolute atomic E-state index is 0.247. The lowest BCUT2D eigenvalue weighted by atomic mass is 10.1. The number of hydrogen-bond donors (Lipinski definition) is 1. The van der Waals surface area contributed by atoms with E-state index in [-0.39, 0.29) is 6.04 Å². The fourth-order valence-electron chi connectivity index (χ4n) is 1.59. The third kappa shape index (κ3) is 4.47. The van der Waals surface area contributed by atoms with Crippen LogP contribution in [-0.2, 0) is 0 Å². The lowest BCUT2D eigenvalue weighted by molar-refractivity contribution is 0.104. The Morgan fingerprint density at radius 1 is 1.47 bits per heavy atom. The van der Waals surface area contributed by atoms with E-state index >= 15 is 0 Å². The van der Waals surface area contributed by atoms with Crippen molar-refractivity contribution in [3.63, 3.8) is 0 Å². The minimum Gasteiger partial charge on any atom is -0.387 e. The van der Waals surface area contributed by atoms with E-state index in [2.05, 4.69) is 22.0 Å². The Hall–Kier alpha value is -0.890. The summed E-state index contributed by atoms with van der Waals surface area (Å²) in [6.45, 7) is 4.85. The Balaban J connectivity index is 2.70. The van der Waals surface area contributed by atoms with Crippen LogP contribution in [0.25, 0.3) is 0 Å². The van der Waals surface area contributed by atoms with Gasteiger partial charge in [0.2, 0.25) is 0 Å². The van der Waals surface area contributed by atoms with Gasteiger partial charge in [0.25, 0.3) is 0 Å². The number of halogens is 1. The number of rotatable bonds is 5. The molecule has 4 heteroatoms. The molecule has 3 nitrogen and oxygen atoms in total. The van der Waals surface area contributed by atoms with Crippen LogP contribution in [0.4, 0.5) is 0 Å². The van der Waals surface area contributed by atoms with Crippen molar-refractivity contribution in [2.24, 2.45) is 0 Å². The molecule has 0 spiro atoms. The van der Waals surface area contributed by atoms with Crippen LogP contribution in [-0.4, -0.2) is 29.1 Å². The first-order chi connectivity index (χ1) is 8.04. The zero-order chi connectivity index (χ0) is 12.8. The molecule has 0 aliphatic carbocycles. The van der Waals surface area contributed by atoms with E-state index < -0.39 is 6.10 Å². The van der Waals surface area contributed by atoms with Gasteiger partial charge in [0.15, 0.2) is 0 Å². The van der Waals surface area contributed by atoms with Gasteiger partial charge in [-0.05, 0) is 31.5 Å². The van der Waals surface area contributed by atoms with E-state index in [4.69, 9.17) is 5.26 Å². The van der Waals surface area contributed by atoms with Crippen LogP contribution in [0.3, 0.4) is 0 Å². The quantitative estimate of drug-likeness (QED) is 0.850. The number of nitriles is 1. The summed E-state index contributed by atoms with van der Waals surface area (Å²) in [6, 6.07) is 9.97. The molecule has 0 fully saturated rings. The maximum Gasteiger partial charge on any atom is 0.0917 e. The van der Waals surface area contributed by atoms with Crippen LogP contribution < -0.4 is 0 Å². The highest BCUT2D eigenvalue weighted by Crippen LogP contribution is 2.19. The molecule has 92 valence electrons. The van der Waals surface area contributed by atoms with Crippen molar-refractivity contribution >= 4 is 15.9 Å². The van der Waals surface area contributed by atoms with Crippen molar-refractivity contribution in [2.75, 3.05) is 13.1 Å². The second-order valence-corrected chi connectivity index (χ2v) is 5.17. The zero-order valence-corrected chi connectivity index (χ0v) is 11.7. The van der Waals surface area contributed by atoms with Crippen molar-refractivity contribution in [1.29, 1.82) is 5.26 Å². The molecule has 1 unspecified atom stereocenters. The molecule has 0 saturated carbocycles. The molecule has 0 saturated heterocycles. The lowest BCUT2D eigenvalue weighted by Crippen LogP contribution is -2.35. The molecule has 1 rings (SSSR count). The number of nitrogens with zero attached hydrogens (tertiary/aromatic N) is 2. The summed E-state index contributed by atoms with van der Waals surface area (Å²) >= 11 is 3.38. The molecule has 0 aromatic heterocycles. The van der Waals surface area contributed by atoms with E-state index in [1.54, 1.807) is 0 Å². The first-order valence-electron chi connectivity index (χ1n) is 5.59. The minimum atomic E-state index is -0.566. The van der Waals surface area contributed by atoms with Gasteiger partial charge in [-0.1, -0.05) is 28.1 Å². The van der Waals surface area contributed by atoms with Gasteiger partial charge in [-0.3, -0.25) is 4.90 Å². The summed E-state index contributed by atoms with van der Waals surface area (Å²) in [5.74, 6) is 0. The smallest absolute Gasteiger partial charge is 0.0917 e. The normalized spacial score (nSPS) is 12.8. The van der Waals surface area contributed by atoms with Crippen molar-refractivity contribution in [2.45, 2.75) is 26.0 Å². The van der Waals surface area contributed by atoms with Gasteiger partial charge in [-0.2, -0.15) is 5.26 Å². The van der Waals surface area contributed by atoms with E-state index in [0.29, 0.717) is 13.1 Å². The van der Waals surface area contributed by atoms with E-state index in [9.17, 15) is 5.11 Å². The average molecular weight is 297 g/mol. The molecule has 1 aromatic carbocycles. The first kappa shape index (κ1) is 14.2. The van der Waals surface area contributed by atoms with Crippen LogP contribution in [0.5, 0.6) is 0 Å². The molecule has 1 atom stereocenters. The number of aliphatic hydroxyl groups is 1. The van der Waals surface area contributed by atoms with Crippen molar-refractivity contribution in [1.82, 2.24) is 4.90 Å². The molecule has 17 heavy (non-hydrogen) atoms. The SMILES string of the molecule is CC(C)N(CC#N)CC(O)c1cccc(Br)c1. The van der Waals surface area contributed by atoms with Gasteiger partial charge < -0.3 is 5.11 Å². The highest BCUT2D eigenvalue weighted by molar-refractivity contribution is 9.10. The van der Waals surface area contributed by atoms with Crippen LogP contribution in [0, 0.1) is 11.3 Å². The lowest BCUT2D eigenvalue weighted by Gasteiger charge is -2.26. The van der Waals surface area contributed by atoms with Gasteiger partial charge in [0.1, 0.15) is 0 Å². The summed E-state index contributed by atoms with van der Waals surface area (Å²) < 4.78 is 0.949. The molecule has 0 radical (unpaired) electrons. The number of aliphatic hydroxyl groups excluding tert-OH is 1. The fraction of sp³-hybridized carbons (Fsp3) is 0.462. The van der Waals surface area contributed by atoms with Gasteiger partial charge in [0, 0.05) is 17.1 Å². The number of benzene rings is 1. The van der Waals surface area contributed by atoms with E-state index in [0.717, 1.165) is 10.0 Å². The topological polar surface area (TPSA) is 47.3 Å². The van der Waals surface area contributed by atoms with Crippen LogP contribution >= 0.6 is 15.9 Å². The molecule has 0 heterocycles. The Labute approximate surface area is 111 Å². The summed E-state index contributed by atoms with van der Waals surface area (Å²) in [4.78, 5) is 1.95. The molecule has 1 N–H and O–H groups in total. The molecular formula is C13H17BrN2O. The van der Waals surface area contributed by atoms with Gasteiger partial charge in [0.05, 0.1) is 18.7 Å². The number of hydrogen-bond acceptors (Lipinski definition) is 3. The van der Waals surface area contributed by atoms with Crippen molar-refractivity contribution in [3.05, 3.63) is 34.3 Å². The van der Waals surface area contributed by atoms with Crippen molar-refractivity contribution < 1.29 is 5.11 Å². The fourth-order valence-corrected chi connectivity index (χ4v) is 2.01. The molecule has 0 aliphatic rings. The third-order valence-corrected chi connectivity index (χ3v) is 3.14. The van der Waals surface area contributed by atoms with E-state index in [1.165, 1.54) is 0 Å². The maximum atomic E-state index is 10.1. The summed E-state index contributed by atoms with van der Waals surface area (Å²) in [5, 5.41) is 18.9. The predicted octanol–water partition coefficient (Wildman–Crippen LogP) is 2.72. The van der Waals surface area contributed by atoms with E-state index in [1.807, 2.05) is 43.0 Å². The largest absolute Gasteiger partial charge is 0.387 e. The first-order valence-corrected chi connectivity index (χ1v) is 6.38. The second-order valence-electron chi connectivity index (χ2n) is 4.25. The van der Waals surface area contributed by atoms with Gasteiger partial charge in [-0.25, -0.2) is 0 Å². The second kappa shape index (κ2) is 6.75. The Morgan fingerprint density at radius 3 is 2.71 bits per heavy atom. The molecular weight excluding hydrogens is 280 g/mol. The maximum absolute atomic E-state index is 10.1. The third-order valence-electron chi connectivity index (χ3n) is 2.64. The standard InChI is InChI=1S/C13H17BrN2O/c1-10(2)16(7-6-15)9-13(17)11-4-3-5-12(14)8-11/h3-5,8,10,13,17H,7,9H2,1-2H3. The Bertz CT molecular complexity index is 401. The van der Waals surface area contributed by atoms with Crippen molar-refractivity contribution in [3.8, 4) is 6.07 Å². The molecule has 1 aromatic rings. The monoisotopic (exact) mass is 296 g/mol. The summed E-state index contributed by atoms with van der Waals surface area (Å²) in [6.07, 6.45) is -0.566. The molecule has 0 amide bonds. The average Bonchev–Trinajstić information content (AvgIpc) is 2.28. The van der Waals surface area contributed by atoms with Gasteiger partial charge in [-0.15, -0.1) is 0 Å². The predicted molar refractivity (Wildman–Crippen MR) is 71.4 cm³/mol. The highest BCUT2D eigenvalue weighted by atomic mass is 79.9. The summed E-state index contributed by atoms with van der Waals surface area (Å²) in [5.41, 5.74) is 0.864. The zero-order valence-electron chi connectivity index (χ0n) is 10.1.